The van der Waals surface area contributed by atoms with Crippen molar-refractivity contribution >= 4 is 17.5 Å². The van der Waals surface area contributed by atoms with Crippen LogP contribution in [0.25, 0.3) is 0 Å². The van der Waals surface area contributed by atoms with E-state index in [-0.39, 0.29) is 17.8 Å². The van der Waals surface area contributed by atoms with E-state index >= 15 is 0 Å². The van der Waals surface area contributed by atoms with Crippen molar-refractivity contribution in [3.63, 3.8) is 0 Å². The van der Waals surface area contributed by atoms with Crippen LogP contribution in [0.4, 0.5) is 0 Å². The highest BCUT2D eigenvalue weighted by atomic mass is 35.5. The number of amides is 1. The lowest BCUT2D eigenvalue weighted by Gasteiger charge is -2.35. The zero-order valence-corrected chi connectivity index (χ0v) is 16.1. The van der Waals surface area contributed by atoms with E-state index in [1.54, 1.807) is 0 Å². The predicted molar refractivity (Wildman–Crippen MR) is 103 cm³/mol. The molecule has 1 atom stereocenters. The van der Waals surface area contributed by atoms with E-state index in [0.717, 1.165) is 37.3 Å². The van der Waals surface area contributed by atoms with Gasteiger partial charge in [-0.3, -0.25) is 4.79 Å². The summed E-state index contributed by atoms with van der Waals surface area (Å²) in [5.41, 5.74) is 5.21. The maximum atomic E-state index is 12.6. The van der Waals surface area contributed by atoms with Crippen molar-refractivity contribution in [3.8, 4) is 0 Å². The van der Waals surface area contributed by atoms with Crippen LogP contribution in [0.5, 0.6) is 0 Å². The maximum absolute atomic E-state index is 12.6. The molecule has 5 heteroatoms. The summed E-state index contributed by atoms with van der Waals surface area (Å²) in [5.74, 6) is 1.19. The molecule has 1 unspecified atom stereocenters. The van der Waals surface area contributed by atoms with Gasteiger partial charge in [0.25, 0.3) is 0 Å². The number of hydrogen-bond donors (Lipinski definition) is 0. The van der Waals surface area contributed by atoms with Crippen molar-refractivity contribution in [1.29, 1.82) is 0 Å². The second-order valence-electron chi connectivity index (χ2n) is 7.61. The fraction of sp³-hybridized carbons (Fsp3) is 0.524. The van der Waals surface area contributed by atoms with E-state index in [0.29, 0.717) is 6.54 Å². The van der Waals surface area contributed by atoms with Crippen molar-refractivity contribution in [2.24, 2.45) is 0 Å². The molecule has 0 saturated heterocycles. The van der Waals surface area contributed by atoms with Crippen molar-refractivity contribution < 1.29 is 4.79 Å². The summed E-state index contributed by atoms with van der Waals surface area (Å²) in [6, 6.07) is 6.93. The molecular formula is C21H26ClN3O. The van der Waals surface area contributed by atoms with Gasteiger partial charge in [0, 0.05) is 25.7 Å². The first-order valence-electron chi connectivity index (χ1n) is 9.63. The Morgan fingerprint density at radius 2 is 2.08 bits per heavy atom. The van der Waals surface area contributed by atoms with Gasteiger partial charge in [0.05, 0.1) is 11.7 Å². The molecule has 2 aromatic rings. The molecule has 138 valence electrons. The summed E-state index contributed by atoms with van der Waals surface area (Å²) in [4.78, 5) is 19.1. The van der Waals surface area contributed by atoms with Gasteiger partial charge in [-0.2, -0.15) is 0 Å². The summed E-state index contributed by atoms with van der Waals surface area (Å²) < 4.78 is 2.20. The number of hydrogen-bond acceptors (Lipinski definition) is 2. The molecule has 1 aliphatic heterocycles. The minimum absolute atomic E-state index is 0.0228. The van der Waals surface area contributed by atoms with Crippen LogP contribution in [-0.2, 0) is 37.1 Å². The van der Waals surface area contributed by atoms with Crippen LogP contribution in [0, 0.1) is 6.92 Å². The van der Waals surface area contributed by atoms with Gasteiger partial charge in [0.1, 0.15) is 11.7 Å². The lowest BCUT2D eigenvalue weighted by atomic mass is 9.90. The number of halogens is 1. The zero-order valence-electron chi connectivity index (χ0n) is 15.4. The van der Waals surface area contributed by atoms with Gasteiger partial charge in [-0.1, -0.05) is 18.2 Å². The third-order valence-electron chi connectivity index (χ3n) is 5.73. The molecule has 0 spiro atoms. The summed E-state index contributed by atoms with van der Waals surface area (Å²) in [6.45, 7) is 3.48. The average molecular weight is 372 g/mol. The van der Waals surface area contributed by atoms with Crippen LogP contribution >= 0.6 is 11.6 Å². The zero-order chi connectivity index (χ0) is 18.1. The number of fused-ring (bicyclic) bond motifs is 2. The summed E-state index contributed by atoms with van der Waals surface area (Å²) in [5, 5.41) is 0. The number of aryl methyl sites for hydroxylation is 4. The van der Waals surface area contributed by atoms with E-state index < -0.39 is 0 Å². The Morgan fingerprint density at radius 1 is 1.27 bits per heavy atom. The highest BCUT2D eigenvalue weighted by molar-refractivity contribution is 6.27. The second kappa shape index (κ2) is 7.43. The molecule has 2 heterocycles. The first-order chi connectivity index (χ1) is 12.6. The predicted octanol–water partition coefficient (Wildman–Crippen LogP) is 3.65. The topological polar surface area (TPSA) is 38.1 Å². The highest BCUT2D eigenvalue weighted by Gasteiger charge is 2.28. The molecule has 1 aliphatic carbocycles. The van der Waals surface area contributed by atoms with Gasteiger partial charge in [-0.05, 0) is 55.7 Å². The minimum atomic E-state index is 0.0228. The molecule has 0 fully saturated rings. The Balaban J connectivity index is 1.55. The van der Waals surface area contributed by atoms with Gasteiger partial charge in [0.2, 0.25) is 5.91 Å². The first kappa shape index (κ1) is 17.6. The molecule has 1 amide bonds. The van der Waals surface area contributed by atoms with Crippen molar-refractivity contribution in [1.82, 2.24) is 14.5 Å². The van der Waals surface area contributed by atoms with Gasteiger partial charge in [-0.15, -0.1) is 11.6 Å². The normalized spacial score (nSPS) is 18.9. The van der Waals surface area contributed by atoms with Crippen LogP contribution in [0.2, 0.25) is 0 Å². The number of benzene rings is 1. The Labute approximate surface area is 160 Å². The minimum Gasteiger partial charge on any atom is -0.333 e. The average Bonchev–Trinajstić information content (AvgIpc) is 3.04. The molecule has 1 aromatic carbocycles. The number of alkyl halides is 1. The summed E-state index contributed by atoms with van der Waals surface area (Å²) >= 11 is 5.94. The molecule has 0 bridgehead atoms. The number of aromatic nitrogens is 2. The van der Waals surface area contributed by atoms with Crippen molar-refractivity contribution in [2.75, 3.05) is 5.88 Å². The molecule has 4 rings (SSSR count). The highest BCUT2D eigenvalue weighted by Crippen LogP contribution is 2.25. The smallest absolute Gasteiger partial charge is 0.238 e. The number of carbonyl (C=O) groups excluding carboxylic acids is 1. The van der Waals surface area contributed by atoms with Crippen LogP contribution in [0.15, 0.2) is 24.4 Å². The monoisotopic (exact) mass is 371 g/mol. The third-order valence-corrected chi connectivity index (χ3v) is 5.96. The van der Waals surface area contributed by atoms with Crippen LogP contribution in [0.3, 0.4) is 0 Å². The van der Waals surface area contributed by atoms with Gasteiger partial charge in [0.15, 0.2) is 0 Å². The second-order valence-corrected chi connectivity index (χ2v) is 7.88. The number of carbonyl (C=O) groups is 1. The van der Waals surface area contributed by atoms with Gasteiger partial charge >= 0.3 is 0 Å². The number of imidazole rings is 1. The van der Waals surface area contributed by atoms with Gasteiger partial charge in [-0.25, -0.2) is 4.98 Å². The van der Waals surface area contributed by atoms with Gasteiger partial charge < -0.3 is 9.47 Å². The molecule has 0 saturated carbocycles. The molecule has 0 radical (unpaired) electrons. The number of rotatable bonds is 4. The molecular weight excluding hydrogens is 346 g/mol. The molecule has 2 aliphatic rings. The largest absolute Gasteiger partial charge is 0.333 e. The van der Waals surface area contributed by atoms with E-state index in [1.807, 2.05) is 11.8 Å². The lowest BCUT2D eigenvalue weighted by molar-refractivity contribution is -0.132. The van der Waals surface area contributed by atoms with E-state index in [1.165, 1.54) is 36.0 Å². The molecule has 26 heavy (non-hydrogen) atoms. The fourth-order valence-electron chi connectivity index (χ4n) is 4.40. The van der Waals surface area contributed by atoms with E-state index in [9.17, 15) is 4.79 Å². The summed E-state index contributed by atoms with van der Waals surface area (Å²) in [7, 11) is 0. The third kappa shape index (κ3) is 3.52. The Kier molecular flexibility index (Phi) is 5.03. The standard InChI is InChI=1S/C21H26ClN3O/c1-15-12-24-14-19(8-9-20(24)23-15)25(21(26)11-22)13-16-6-7-17-4-2-3-5-18(17)10-16/h6-7,10,12,19H,2-5,8-9,11,13-14H2,1H3. The maximum Gasteiger partial charge on any atom is 0.238 e. The van der Waals surface area contributed by atoms with Crippen LogP contribution in [-0.4, -0.2) is 32.3 Å². The molecule has 1 aromatic heterocycles. The lowest BCUT2D eigenvalue weighted by Crippen LogP contribution is -2.45. The fourth-order valence-corrected chi connectivity index (χ4v) is 4.56. The van der Waals surface area contributed by atoms with E-state index in [4.69, 9.17) is 11.6 Å². The molecule has 0 N–H and O–H groups in total. The molecule has 4 nitrogen and oxygen atoms in total. The quantitative estimate of drug-likeness (QED) is 0.769. The Morgan fingerprint density at radius 3 is 2.88 bits per heavy atom. The van der Waals surface area contributed by atoms with Crippen LogP contribution in [0.1, 0.15) is 47.5 Å². The van der Waals surface area contributed by atoms with E-state index in [2.05, 4.69) is 33.9 Å². The SMILES string of the molecule is Cc1cn2c(n1)CCC(N(Cc1ccc3c(c1)CCCC3)C(=O)CCl)C2. The first-order valence-corrected chi connectivity index (χ1v) is 10.2. The number of nitrogens with zero attached hydrogens (tertiary/aromatic N) is 3. The summed E-state index contributed by atoms with van der Waals surface area (Å²) in [6.07, 6.45) is 8.85. The Bertz CT molecular complexity index is 814. The van der Waals surface area contributed by atoms with Crippen molar-refractivity contribution in [2.45, 2.75) is 64.6 Å². The van der Waals surface area contributed by atoms with Crippen LogP contribution < -0.4 is 0 Å². The Hall–Kier alpha value is -1.81. The van der Waals surface area contributed by atoms with Crippen molar-refractivity contribution in [3.05, 3.63) is 52.6 Å².